The van der Waals surface area contributed by atoms with Crippen molar-refractivity contribution in [1.82, 2.24) is 0 Å². The van der Waals surface area contributed by atoms with Crippen molar-refractivity contribution in [2.24, 2.45) is 0 Å². The third-order valence-electron chi connectivity index (χ3n) is 1.93. The van der Waals surface area contributed by atoms with E-state index >= 15 is 0 Å². The van der Waals surface area contributed by atoms with Crippen molar-refractivity contribution >= 4 is 11.9 Å². The second-order valence-corrected chi connectivity index (χ2v) is 3.04. The lowest BCUT2D eigenvalue weighted by Gasteiger charge is -2.03. The molecule has 5 heteroatoms. The second kappa shape index (κ2) is 5.85. The lowest BCUT2D eigenvalue weighted by atomic mass is 10.2. The molecule has 0 atom stereocenters. The number of rotatable bonds is 5. The first-order valence-corrected chi connectivity index (χ1v) is 4.68. The van der Waals surface area contributed by atoms with Crippen LogP contribution in [-0.2, 0) is 27.2 Å². The monoisotopic (exact) mass is 225 g/mol. The van der Waals surface area contributed by atoms with Crippen molar-refractivity contribution in [2.45, 2.75) is 19.3 Å². The molecule has 0 aliphatic rings. The summed E-state index contributed by atoms with van der Waals surface area (Å²) in [6.45, 7) is -2.38. The standard InChI is InChI=1S/C11H13NO4/c1-16-11(15)8-12-7-3-2-4-9(12)5-6-10(13)14/h2-4,7H,5-6,8H2,1H3/i8D2. The van der Waals surface area contributed by atoms with Gasteiger partial charge in [-0.1, -0.05) is 6.07 Å². The van der Waals surface area contributed by atoms with Gasteiger partial charge in [-0.15, -0.1) is 0 Å². The zero-order valence-electron chi connectivity index (χ0n) is 10.8. The van der Waals surface area contributed by atoms with E-state index in [1.165, 1.54) is 6.20 Å². The van der Waals surface area contributed by atoms with E-state index in [1.807, 2.05) is 0 Å². The molecular formula is C11H13NO4. The smallest absolute Gasteiger partial charge is 0.372 e. The molecule has 0 N–H and O–H groups in total. The van der Waals surface area contributed by atoms with E-state index in [1.54, 1.807) is 18.2 Å². The minimum atomic E-state index is -2.38. The van der Waals surface area contributed by atoms with Crippen molar-refractivity contribution in [1.29, 1.82) is 0 Å². The normalized spacial score (nSPS) is 12.6. The average molecular weight is 225 g/mol. The number of hydrogen-bond acceptors (Lipinski definition) is 4. The molecule has 0 fully saturated rings. The van der Waals surface area contributed by atoms with Crippen molar-refractivity contribution in [3.8, 4) is 0 Å². The predicted molar refractivity (Wildman–Crippen MR) is 52.0 cm³/mol. The van der Waals surface area contributed by atoms with Crippen LogP contribution >= 0.6 is 0 Å². The molecule has 1 aromatic heterocycles. The number of carbonyl (C=O) groups is 2. The summed E-state index contributed by atoms with van der Waals surface area (Å²) in [5.74, 6) is -2.28. The third-order valence-corrected chi connectivity index (χ3v) is 1.93. The van der Waals surface area contributed by atoms with Crippen molar-refractivity contribution < 1.29 is 26.7 Å². The first kappa shape index (κ1) is 9.33. The Bertz CT molecular complexity index is 462. The number of aryl methyl sites for hydroxylation is 1. The number of carboxylic acids is 1. The second-order valence-electron chi connectivity index (χ2n) is 3.04. The molecule has 0 aliphatic carbocycles. The number of aliphatic carboxylic acids is 1. The summed E-state index contributed by atoms with van der Waals surface area (Å²) in [6.07, 6.45) is 1.18. The van der Waals surface area contributed by atoms with Crippen molar-refractivity contribution in [3.05, 3.63) is 30.1 Å². The molecule has 0 saturated carbocycles. The molecule has 0 bridgehead atoms. The maximum atomic E-state index is 11.4. The SMILES string of the molecule is [2H]C([2H])(C(=O)OC)[n+]1ccccc1CCC(=O)[O-]. The molecule has 1 aromatic rings. The first-order valence-electron chi connectivity index (χ1n) is 5.68. The van der Waals surface area contributed by atoms with Crippen LogP contribution in [0.3, 0.4) is 0 Å². The molecule has 86 valence electrons. The summed E-state index contributed by atoms with van der Waals surface area (Å²) >= 11 is 0. The van der Waals surface area contributed by atoms with Crippen LogP contribution in [0.2, 0.25) is 0 Å². The molecule has 5 nitrogen and oxygen atoms in total. The fourth-order valence-corrected chi connectivity index (χ4v) is 1.17. The van der Waals surface area contributed by atoms with Gasteiger partial charge in [-0.2, -0.15) is 4.57 Å². The predicted octanol–water partition coefficient (Wildman–Crippen LogP) is -1.17. The fourth-order valence-electron chi connectivity index (χ4n) is 1.17. The minimum Gasteiger partial charge on any atom is -0.550 e. The van der Waals surface area contributed by atoms with Crippen molar-refractivity contribution in [2.75, 3.05) is 7.11 Å². The van der Waals surface area contributed by atoms with Crippen LogP contribution in [0.1, 0.15) is 14.9 Å². The Balaban J connectivity index is 3.08. The summed E-state index contributed by atoms with van der Waals surface area (Å²) in [7, 11) is 1.09. The number of methoxy groups -OCH3 is 1. The quantitative estimate of drug-likeness (QED) is 0.467. The molecular weight excluding hydrogens is 210 g/mol. The molecule has 1 rings (SSSR count). The van der Waals surface area contributed by atoms with E-state index in [2.05, 4.69) is 4.74 Å². The van der Waals surface area contributed by atoms with Gasteiger partial charge >= 0.3 is 5.97 Å². The zero-order chi connectivity index (χ0) is 13.8. The van der Waals surface area contributed by atoms with Crippen LogP contribution in [0.15, 0.2) is 24.4 Å². The molecule has 0 aromatic carbocycles. The lowest BCUT2D eigenvalue weighted by molar-refractivity contribution is -0.693. The Morgan fingerprint density at radius 1 is 1.56 bits per heavy atom. The Morgan fingerprint density at radius 2 is 2.31 bits per heavy atom. The Morgan fingerprint density at radius 3 is 2.94 bits per heavy atom. The van der Waals surface area contributed by atoms with Crippen LogP contribution < -0.4 is 9.67 Å². The lowest BCUT2D eigenvalue weighted by Crippen LogP contribution is -2.42. The van der Waals surface area contributed by atoms with Gasteiger partial charge in [0.05, 0.1) is 7.11 Å². The Kier molecular flexibility index (Phi) is 3.41. The van der Waals surface area contributed by atoms with E-state index in [0.29, 0.717) is 5.69 Å². The maximum absolute atomic E-state index is 11.4. The molecule has 0 unspecified atom stereocenters. The summed E-state index contributed by atoms with van der Waals surface area (Å²) in [6, 6.07) is 4.72. The summed E-state index contributed by atoms with van der Waals surface area (Å²) in [5.41, 5.74) is 0.372. The van der Waals surface area contributed by atoms with Crippen LogP contribution in [-0.4, -0.2) is 19.0 Å². The van der Waals surface area contributed by atoms with Gasteiger partial charge in [-0.3, -0.25) is 0 Å². The maximum Gasteiger partial charge on any atom is 0.372 e. The number of carboxylic acid groups (broad SMARTS) is 1. The molecule has 0 amide bonds. The Labute approximate surface area is 96.1 Å². The average Bonchev–Trinajstić information content (AvgIpc) is 2.35. The highest BCUT2D eigenvalue weighted by Crippen LogP contribution is 1.96. The van der Waals surface area contributed by atoms with Gasteiger partial charge in [0.25, 0.3) is 0 Å². The number of pyridine rings is 1. The summed E-state index contributed by atoms with van der Waals surface area (Å²) < 4.78 is 20.8. The van der Waals surface area contributed by atoms with E-state index < -0.39 is 18.4 Å². The number of esters is 1. The van der Waals surface area contributed by atoms with Gasteiger partial charge in [0.1, 0.15) is 2.74 Å². The van der Waals surface area contributed by atoms with Crippen molar-refractivity contribution in [3.63, 3.8) is 0 Å². The van der Waals surface area contributed by atoms with Gasteiger partial charge in [0, 0.05) is 24.5 Å². The van der Waals surface area contributed by atoms with Gasteiger partial charge in [0.15, 0.2) is 11.9 Å². The highest BCUT2D eigenvalue weighted by atomic mass is 16.5. The van der Waals surface area contributed by atoms with Gasteiger partial charge in [-0.25, -0.2) is 4.79 Å². The largest absolute Gasteiger partial charge is 0.550 e. The first-order chi connectivity index (χ1) is 8.39. The van der Waals surface area contributed by atoms with E-state index in [9.17, 15) is 14.7 Å². The van der Waals surface area contributed by atoms with Crippen LogP contribution in [0.25, 0.3) is 0 Å². The van der Waals surface area contributed by atoms with Gasteiger partial charge < -0.3 is 14.6 Å². The van der Waals surface area contributed by atoms with Crippen LogP contribution in [0.4, 0.5) is 0 Å². The highest BCUT2D eigenvalue weighted by molar-refractivity contribution is 5.67. The summed E-state index contributed by atoms with van der Waals surface area (Å²) in [5, 5.41) is 10.4. The number of carbonyl (C=O) groups excluding carboxylic acids is 2. The topological polar surface area (TPSA) is 70.3 Å². The van der Waals surface area contributed by atoms with Gasteiger partial charge in [0.2, 0.25) is 6.50 Å². The van der Waals surface area contributed by atoms with E-state index in [0.717, 1.165) is 11.7 Å². The highest BCUT2D eigenvalue weighted by Gasteiger charge is 2.14. The van der Waals surface area contributed by atoms with Crippen LogP contribution in [0, 0.1) is 0 Å². The van der Waals surface area contributed by atoms with Crippen LogP contribution in [0.5, 0.6) is 0 Å². The fraction of sp³-hybridized carbons (Fsp3) is 0.364. The number of nitrogens with zero attached hydrogens (tertiary/aromatic N) is 1. The summed E-state index contributed by atoms with van der Waals surface area (Å²) in [4.78, 5) is 21.8. The van der Waals surface area contributed by atoms with E-state index in [4.69, 9.17) is 2.74 Å². The number of hydrogen-bond donors (Lipinski definition) is 0. The molecule has 0 radical (unpaired) electrons. The molecule has 0 aliphatic heterocycles. The zero-order valence-corrected chi connectivity index (χ0v) is 8.80. The molecule has 1 heterocycles. The van der Waals surface area contributed by atoms with Gasteiger partial charge in [-0.05, 0) is 6.42 Å². The third kappa shape index (κ3) is 3.68. The van der Waals surface area contributed by atoms with E-state index in [-0.39, 0.29) is 12.8 Å². The molecule has 0 saturated heterocycles. The minimum absolute atomic E-state index is 0.0691. The number of aromatic nitrogens is 1. The molecule has 16 heavy (non-hydrogen) atoms. The Hall–Kier alpha value is -1.91. The number of ether oxygens (including phenoxy) is 1. The molecule has 0 spiro atoms.